The van der Waals surface area contributed by atoms with E-state index in [1.54, 1.807) is 0 Å². The third-order valence-corrected chi connectivity index (χ3v) is 3.75. The number of rotatable bonds is 3. The minimum absolute atomic E-state index is 0.385. The van der Waals surface area contributed by atoms with Gasteiger partial charge in [0.25, 0.3) is 0 Å². The fraction of sp³-hybridized carbons (Fsp3) is 0.600. The molecule has 88 valence electrons. The van der Waals surface area contributed by atoms with Gasteiger partial charge in [0, 0.05) is 26.2 Å². The highest BCUT2D eigenvalue weighted by molar-refractivity contribution is 7.17. The molecule has 2 heterocycles. The van der Waals surface area contributed by atoms with Crippen LogP contribution >= 0.6 is 11.3 Å². The molecule has 2 N–H and O–H groups in total. The number of aromatic nitrogens is 1. The van der Waals surface area contributed by atoms with E-state index < -0.39 is 5.97 Å². The van der Waals surface area contributed by atoms with E-state index >= 15 is 0 Å². The molecule has 1 aliphatic heterocycles. The SMILES string of the molecule is CCc1nc(N2CCNCC2)sc1C(=O)O. The van der Waals surface area contributed by atoms with Crippen LogP contribution in [-0.4, -0.2) is 42.2 Å². The highest BCUT2D eigenvalue weighted by atomic mass is 32.1. The zero-order chi connectivity index (χ0) is 11.5. The van der Waals surface area contributed by atoms with E-state index in [2.05, 4.69) is 15.2 Å². The third-order valence-electron chi connectivity index (χ3n) is 2.60. The molecule has 0 unspecified atom stereocenters. The standard InChI is InChI=1S/C10H15N3O2S/c1-2-7-8(9(14)15)16-10(12-7)13-5-3-11-4-6-13/h11H,2-6H2,1H3,(H,14,15). The number of nitrogens with zero attached hydrogens (tertiary/aromatic N) is 2. The summed E-state index contributed by atoms with van der Waals surface area (Å²) in [6.45, 7) is 5.60. The average Bonchev–Trinajstić information content (AvgIpc) is 2.74. The van der Waals surface area contributed by atoms with E-state index in [0.717, 1.165) is 31.3 Å². The van der Waals surface area contributed by atoms with Gasteiger partial charge < -0.3 is 15.3 Å². The number of carboxylic acid groups (broad SMARTS) is 1. The van der Waals surface area contributed by atoms with Crippen LogP contribution in [0.1, 0.15) is 22.3 Å². The fourth-order valence-corrected chi connectivity index (χ4v) is 2.78. The van der Waals surface area contributed by atoms with Gasteiger partial charge in [0.05, 0.1) is 5.69 Å². The maximum absolute atomic E-state index is 11.0. The number of anilines is 1. The van der Waals surface area contributed by atoms with Crippen molar-refractivity contribution in [2.75, 3.05) is 31.1 Å². The van der Waals surface area contributed by atoms with Crippen LogP contribution in [0.3, 0.4) is 0 Å². The van der Waals surface area contributed by atoms with Crippen LogP contribution < -0.4 is 10.2 Å². The molecular weight excluding hydrogens is 226 g/mol. The molecule has 1 aliphatic rings. The summed E-state index contributed by atoms with van der Waals surface area (Å²) in [5, 5.41) is 13.2. The van der Waals surface area contributed by atoms with Crippen molar-refractivity contribution >= 4 is 22.4 Å². The molecular formula is C10H15N3O2S. The van der Waals surface area contributed by atoms with Gasteiger partial charge in [-0.2, -0.15) is 0 Å². The maximum Gasteiger partial charge on any atom is 0.347 e. The number of thiazole rings is 1. The normalized spacial score (nSPS) is 16.4. The number of nitrogens with one attached hydrogen (secondary N) is 1. The first-order valence-electron chi connectivity index (χ1n) is 5.41. The molecule has 5 nitrogen and oxygen atoms in total. The van der Waals surface area contributed by atoms with Crippen molar-refractivity contribution in [3.05, 3.63) is 10.6 Å². The third kappa shape index (κ3) is 2.17. The number of carbonyl (C=O) groups is 1. The maximum atomic E-state index is 11.0. The Balaban J connectivity index is 2.24. The minimum Gasteiger partial charge on any atom is -0.477 e. The molecule has 0 radical (unpaired) electrons. The Morgan fingerprint density at radius 3 is 2.75 bits per heavy atom. The van der Waals surface area contributed by atoms with Gasteiger partial charge >= 0.3 is 5.97 Å². The van der Waals surface area contributed by atoms with Gasteiger partial charge in [0.1, 0.15) is 4.88 Å². The number of carboxylic acids is 1. The Hall–Kier alpha value is -1.14. The van der Waals surface area contributed by atoms with Crippen molar-refractivity contribution < 1.29 is 9.90 Å². The van der Waals surface area contributed by atoms with Crippen LogP contribution in [0.15, 0.2) is 0 Å². The summed E-state index contributed by atoms with van der Waals surface area (Å²) in [4.78, 5) is 18.0. The molecule has 0 atom stereocenters. The number of hydrogen-bond donors (Lipinski definition) is 2. The second-order valence-corrected chi connectivity index (χ2v) is 4.65. The van der Waals surface area contributed by atoms with Gasteiger partial charge in [-0.1, -0.05) is 18.3 Å². The van der Waals surface area contributed by atoms with E-state index in [0.29, 0.717) is 17.0 Å². The molecule has 0 aliphatic carbocycles. The van der Waals surface area contributed by atoms with E-state index in [4.69, 9.17) is 5.11 Å². The molecule has 2 rings (SSSR count). The van der Waals surface area contributed by atoms with E-state index in [9.17, 15) is 4.79 Å². The molecule has 1 fully saturated rings. The summed E-state index contributed by atoms with van der Waals surface area (Å²) >= 11 is 1.29. The molecule has 6 heteroatoms. The van der Waals surface area contributed by atoms with Crippen molar-refractivity contribution in [1.82, 2.24) is 10.3 Å². The van der Waals surface area contributed by atoms with Gasteiger partial charge in [-0.05, 0) is 6.42 Å². The molecule has 1 aromatic heterocycles. The number of aryl methyl sites for hydroxylation is 1. The number of aromatic carboxylic acids is 1. The van der Waals surface area contributed by atoms with Gasteiger partial charge in [0.2, 0.25) is 0 Å². The highest BCUT2D eigenvalue weighted by Gasteiger charge is 2.20. The Morgan fingerprint density at radius 2 is 2.25 bits per heavy atom. The Morgan fingerprint density at radius 1 is 1.56 bits per heavy atom. The van der Waals surface area contributed by atoms with Gasteiger partial charge in [-0.3, -0.25) is 0 Å². The van der Waals surface area contributed by atoms with Crippen LogP contribution in [0.4, 0.5) is 5.13 Å². The van der Waals surface area contributed by atoms with E-state index in [1.165, 1.54) is 11.3 Å². The van der Waals surface area contributed by atoms with Crippen LogP contribution in [-0.2, 0) is 6.42 Å². The van der Waals surface area contributed by atoms with Crippen LogP contribution in [0.2, 0.25) is 0 Å². The molecule has 0 spiro atoms. The summed E-state index contributed by atoms with van der Waals surface area (Å²) in [6.07, 6.45) is 0.671. The molecule has 16 heavy (non-hydrogen) atoms. The summed E-state index contributed by atoms with van der Waals surface area (Å²) < 4.78 is 0. The number of piperazine rings is 1. The number of hydrogen-bond acceptors (Lipinski definition) is 5. The topological polar surface area (TPSA) is 65.5 Å². The van der Waals surface area contributed by atoms with Gasteiger partial charge in [0.15, 0.2) is 5.13 Å². The predicted molar refractivity (Wildman–Crippen MR) is 63.5 cm³/mol. The molecule has 0 bridgehead atoms. The Bertz CT molecular complexity index is 385. The summed E-state index contributed by atoms with van der Waals surface area (Å²) in [7, 11) is 0. The van der Waals surface area contributed by atoms with E-state index in [-0.39, 0.29) is 0 Å². The Labute approximate surface area is 98.1 Å². The van der Waals surface area contributed by atoms with Gasteiger partial charge in [-0.25, -0.2) is 9.78 Å². The van der Waals surface area contributed by atoms with Gasteiger partial charge in [-0.15, -0.1) is 0 Å². The van der Waals surface area contributed by atoms with Crippen molar-refractivity contribution in [3.8, 4) is 0 Å². The molecule has 0 saturated carbocycles. The second-order valence-electron chi connectivity index (χ2n) is 3.67. The van der Waals surface area contributed by atoms with Crippen molar-refractivity contribution in [2.45, 2.75) is 13.3 Å². The monoisotopic (exact) mass is 241 g/mol. The highest BCUT2D eigenvalue weighted by Crippen LogP contribution is 2.27. The molecule has 0 amide bonds. The zero-order valence-electron chi connectivity index (χ0n) is 9.19. The first-order chi connectivity index (χ1) is 7.72. The lowest BCUT2D eigenvalue weighted by atomic mass is 10.3. The second kappa shape index (κ2) is 4.80. The van der Waals surface area contributed by atoms with E-state index in [1.807, 2.05) is 6.92 Å². The van der Waals surface area contributed by atoms with Crippen LogP contribution in [0, 0.1) is 0 Å². The predicted octanol–water partition coefficient (Wildman–Crippen LogP) is 0.813. The largest absolute Gasteiger partial charge is 0.477 e. The minimum atomic E-state index is -0.865. The van der Waals surface area contributed by atoms with Crippen molar-refractivity contribution in [1.29, 1.82) is 0 Å². The Kier molecular flexibility index (Phi) is 3.40. The first kappa shape index (κ1) is 11.3. The average molecular weight is 241 g/mol. The molecule has 0 aromatic carbocycles. The molecule has 1 aromatic rings. The first-order valence-corrected chi connectivity index (χ1v) is 6.22. The van der Waals surface area contributed by atoms with Crippen molar-refractivity contribution in [3.63, 3.8) is 0 Å². The van der Waals surface area contributed by atoms with Crippen LogP contribution in [0.25, 0.3) is 0 Å². The smallest absolute Gasteiger partial charge is 0.347 e. The lowest BCUT2D eigenvalue weighted by Crippen LogP contribution is -2.43. The van der Waals surface area contributed by atoms with Crippen LogP contribution in [0.5, 0.6) is 0 Å². The summed E-state index contributed by atoms with van der Waals surface area (Å²) in [5.74, 6) is -0.865. The zero-order valence-corrected chi connectivity index (χ0v) is 10.0. The van der Waals surface area contributed by atoms with Crippen molar-refractivity contribution in [2.24, 2.45) is 0 Å². The molecule has 1 saturated heterocycles. The lowest BCUT2D eigenvalue weighted by Gasteiger charge is -2.26. The quantitative estimate of drug-likeness (QED) is 0.820. The summed E-state index contributed by atoms with van der Waals surface area (Å²) in [6, 6.07) is 0. The summed E-state index contributed by atoms with van der Waals surface area (Å²) in [5.41, 5.74) is 0.700. The fourth-order valence-electron chi connectivity index (χ4n) is 1.74. The lowest BCUT2D eigenvalue weighted by molar-refractivity contribution is 0.0701.